The molecule has 0 unspecified atom stereocenters. The molecule has 28 heavy (non-hydrogen) atoms. The molecule has 7 heteroatoms. The molecule has 3 N–H and O–H groups in total. The molecule has 1 aliphatic heterocycles. The number of ether oxygens (including phenoxy) is 1. The van der Waals surface area contributed by atoms with Gasteiger partial charge in [-0.05, 0) is 30.9 Å². The zero-order valence-electron chi connectivity index (χ0n) is 16.6. The molecule has 2 heterocycles. The summed E-state index contributed by atoms with van der Waals surface area (Å²) in [4.78, 5) is 22.8. The number of para-hydroxylation sites is 1. The molecule has 150 valence electrons. The van der Waals surface area contributed by atoms with Crippen LogP contribution in [0.15, 0.2) is 30.5 Å². The number of hydrogen-bond donors (Lipinski definition) is 2. The fourth-order valence-electron chi connectivity index (χ4n) is 3.51. The molecule has 7 nitrogen and oxygen atoms in total. The van der Waals surface area contributed by atoms with Crippen LogP contribution in [0.1, 0.15) is 43.7 Å². The number of nitrogens with one attached hydrogen (secondary N) is 1. The minimum Gasteiger partial charge on any atom is -0.496 e. The molecule has 0 saturated carbocycles. The van der Waals surface area contributed by atoms with Gasteiger partial charge in [-0.3, -0.25) is 4.79 Å². The third-order valence-corrected chi connectivity index (χ3v) is 5.12. The number of nitrogens with zero attached hydrogens (tertiary/aromatic N) is 3. The van der Waals surface area contributed by atoms with Gasteiger partial charge in [0, 0.05) is 43.7 Å². The molecule has 1 aromatic carbocycles. The first kappa shape index (κ1) is 19.9. The fourth-order valence-corrected chi connectivity index (χ4v) is 3.51. The predicted molar refractivity (Wildman–Crippen MR) is 110 cm³/mol. The van der Waals surface area contributed by atoms with Gasteiger partial charge in [0.1, 0.15) is 11.6 Å². The van der Waals surface area contributed by atoms with Crippen molar-refractivity contribution in [3.63, 3.8) is 0 Å². The second kappa shape index (κ2) is 9.39. The van der Waals surface area contributed by atoms with E-state index in [1.807, 2.05) is 36.1 Å². The Morgan fingerprint density at radius 1 is 1.29 bits per heavy atom. The SMILES string of the molecule is CCCC(=O)N1CCC(Nc2ncc(Cc3ccccc3OC)c(N)n2)CC1. The molecule has 0 radical (unpaired) electrons. The second-order valence-electron chi connectivity index (χ2n) is 7.14. The number of nitrogens with two attached hydrogens (primary N) is 1. The average Bonchev–Trinajstić information content (AvgIpc) is 2.71. The van der Waals surface area contributed by atoms with Gasteiger partial charge in [0.2, 0.25) is 11.9 Å². The Kier molecular flexibility index (Phi) is 6.68. The van der Waals surface area contributed by atoms with Gasteiger partial charge in [-0.1, -0.05) is 25.1 Å². The quantitative estimate of drug-likeness (QED) is 0.764. The summed E-state index contributed by atoms with van der Waals surface area (Å²) in [6.07, 6.45) is 5.70. The highest BCUT2D eigenvalue weighted by Gasteiger charge is 2.22. The molecule has 1 amide bonds. The average molecular weight is 383 g/mol. The first-order valence-corrected chi connectivity index (χ1v) is 9.88. The van der Waals surface area contributed by atoms with Crippen molar-refractivity contribution in [2.24, 2.45) is 0 Å². The molecule has 1 saturated heterocycles. The number of likely N-dealkylation sites (tertiary alicyclic amines) is 1. The highest BCUT2D eigenvalue weighted by atomic mass is 16.5. The van der Waals surface area contributed by atoms with E-state index in [2.05, 4.69) is 15.3 Å². The summed E-state index contributed by atoms with van der Waals surface area (Å²) in [6, 6.07) is 8.11. The van der Waals surface area contributed by atoms with Crippen molar-refractivity contribution in [3.05, 3.63) is 41.6 Å². The number of hydrogen-bond acceptors (Lipinski definition) is 6. The lowest BCUT2D eigenvalue weighted by molar-refractivity contribution is -0.132. The first-order chi connectivity index (χ1) is 13.6. The number of rotatable bonds is 7. The molecule has 0 spiro atoms. The third-order valence-electron chi connectivity index (χ3n) is 5.12. The first-order valence-electron chi connectivity index (χ1n) is 9.88. The molecular weight excluding hydrogens is 354 g/mol. The summed E-state index contributed by atoms with van der Waals surface area (Å²) >= 11 is 0. The Balaban J connectivity index is 1.58. The van der Waals surface area contributed by atoms with Crippen LogP contribution < -0.4 is 15.8 Å². The fraction of sp³-hybridized carbons (Fsp3) is 0.476. The molecule has 2 aromatic rings. The van der Waals surface area contributed by atoms with Gasteiger partial charge in [-0.25, -0.2) is 4.98 Å². The maximum Gasteiger partial charge on any atom is 0.224 e. The lowest BCUT2D eigenvalue weighted by Crippen LogP contribution is -2.42. The molecular formula is C21H29N5O2. The number of piperidine rings is 1. The van der Waals surface area contributed by atoms with Gasteiger partial charge >= 0.3 is 0 Å². The number of amides is 1. The number of carbonyl (C=O) groups is 1. The number of carbonyl (C=O) groups excluding carboxylic acids is 1. The maximum absolute atomic E-state index is 12.0. The standard InChI is InChI=1S/C21H29N5O2/c1-3-6-19(27)26-11-9-17(10-12-26)24-21-23-14-16(20(22)25-21)13-15-7-4-5-8-18(15)28-2/h4-5,7-8,14,17H,3,6,9-13H2,1-2H3,(H3,22,23,24,25). The van der Waals surface area contributed by atoms with Crippen molar-refractivity contribution in [1.82, 2.24) is 14.9 Å². The Labute approximate surface area is 166 Å². The summed E-state index contributed by atoms with van der Waals surface area (Å²) in [5.41, 5.74) is 8.09. The van der Waals surface area contributed by atoms with Gasteiger partial charge in [0.15, 0.2) is 0 Å². The van der Waals surface area contributed by atoms with E-state index in [0.717, 1.165) is 49.2 Å². The largest absolute Gasteiger partial charge is 0.496 e. The van der Waals surface area contributed by atoms with E-state index in [0.29, 0.717) is 24.6 Å². The number of nitrogen functional groups attached to an aromatic ring is 1. The van der Waals surface area contributed by atoms with E-state index in [1.54, 1.807) is 13.3 Å². The van der Waals surface area contributed by atoms with Crippen LogP contribution >= 0.6 is 0 Å². The molecule has 1 fully saturated rings. The van der Waals surface area contributed by atoms with Gasteiger partial charge in [0.05, 0.1) is 7.11 Å². The Bertz CT molecular complexity index is 803. The molecule has 0 bridgehead atoms. The van der Waals surface area contributed by atoms with E-state index in [9.17, 15) is 4.79 Å². The Hall–Kier alpha value is -2.83. The monoisotopic (exact) mass is 383 g/mol. The number of methoxy groups -OCH3 is 1. The summed E-state index contributed by atoms with van der Waals surface area (Å²) < 4.78 is 5.40. The van der Waals surface area contributed by atoms with Crippen LogP contribution in [0.3, 0.4) is 0 Å². The van der Waals surface area contributed by atoms with Crippen molar-refractivity contribution in [2.45, 2.75) is 45.1 Å². The zero-order valence-corrected chi connectivity index (χ0v) is 16.6. The normalized spacial score (nSPS) is 14.7. The van der Waals surface area contributed by atoms with Crippen LogP contribution in [0.5, 0.6) is 5.75 Å². The number of anilines is 2. The van der Waals surface area contributed by atoms with Crippen LogP contribution in [0.2, 0.25) is 0 Å². The van der Waals surface area contributed by atoms with Crippen molar-refractivity contribution < 1.29 is 9.53 Å². The van der Waals surface area contributed by atoms with Crippen LogP contribution in [0.4, 0.5) is 11.8 Å². The van der Waals surface area contributed by atoms with E-state index in [-0.39, 0.29) is 11.9 Å². The Morgan fingerprint density at radius 2 is 2.04 bits per heavy atom. The highest BCUT2D eigenvalue weighted by molar-refractivity contribution is 5.76. The Morgan fingerprint density at radius 3 is 2.71 bits per heavy atom. The third kappa shape index (κ3) is 4.91. The number of benzene rings is 1. The van der Waals surface area contributed by atoms with E-state index in [1.165, 1.54) is 0 Å². The maximum atomic E-state index is 12.0. The van der Waals surface area contributed by atoms with Crippen molar-refractivity contribution in [3.8, 4) is 5.75 Å². The lowest BCUT2D eigenvalue weighted by Gasteiger charge is -2.32. The van der Waals surface area contributed by atoms with Crippen LogP contribution in [0, 0.1) is 0 Å². The highest BCUT2D eigenvalue weighted by Crippen LogP contribution is 2.23. The van der Waals surface area contributed by atoms with E-state index >= 15 is 0 Å². The number of aromatic nitrogens is 2. The molecule has 3 rings (SSSR count). The second-order valence-corrected chi connectivity index (χ2v) is 7.14. The van der Waals surface area contributed by atoms with Crippen molar-refractivity contribution in [2.75, 3.05) is 31.2 Å². The molecule has 0 aliphatic carbocycles. The molecule has 1 aromatic heterocycles. The summed E-state index contributed by atoms with van der Waals surface area (Å²) in [7, 11) is 1.66. The predicted octanol–water partition coefficient (Wildman–Crippen LogP) is 2.86. The molecule has 1 aliphatic rings. The van der Waals surface area contributed by atoms with Crippen molar-refractivity contribution in [1.29, 1.82) is 0 Å². The van der Waals surface area contributed by atoms with E-state index in [4.69, 9.17) is 10.5 Å². The topological polar surface area (TPSA) is 93.4 Å². The van der Waals surface area contributed by atoms with Crippen molar-refractivity contribution >= 4 is 17.7 Å². The van der Waals surface area contributed by atoms with Crippen LogP contribution in [-0.4, -0.2) is 47.0 Å². The van der Waals surface area contributed by atoms with Crippen LogP contribution in [0.25, 0.3) is 0 Å². The smallest absolute Gasteiger partial charge is 0.224 e. The molecule has 0 atom stereocenters. The summed E-state index contributed by atoms with van der Waals surface area (Å²) in [6.45, 7) is 3.58. The minimum atomic E-state index is 0.252. The van der Waals surface area contributed by atoms with Gasteiger partial charge in [-0.2, -0.15) is 4.98 Å². The summed E-state index contributed by atoms with van der Waals surface area (Å²) in [5.74, 6) is 2.09. The lowest BCUT2D eigenvalue weighted by atomic mass is 10.0. The van der Waals surface area contributed by atoms with Gasteiger partial charge in [-0.15, -0.1) is 0 Å². The van der Waals surface area contributed by atoms with Crippen LogP contribution in [-0.2, 0) is 11.2 Å². The zero-order chi connectivity index (χ0) is 19.9. The summed E-state index contributed by atoms with van der Waals surface area (Å²) in [5, 5.41) is 3.36. The van der Waals surface area contributed by atoms with Gasteiger partial charge in [0.25, 0.3) is 0 Å². The van der Waals surface area contributed by atoms with Gasteiger partial charge < -0.3 is 20.7 Å². The van der Waals surface area contributed by atoms with E-state index < -0.39 is 0 Å². The minimum absolute atomic E-state index is 0.252.